The average Bonchev–Trinajstić information content (AvgIpc) is 2.07. The molecule has 3 heteroatoms. The molecule has 0 aliphatic heterocycles. The van der Waals surface area contributed by atoms with Crippen LogP contribution in [0.25, 0.3) is 0 Å². The number of halogens is 1. The summed E-state index contributed by atoms with van der Waals surface area (Å²) >= 11 is 3.42. The van der Waals surface area contributed by atoms with Gasteiger partial charge in [-0.1, -0.05) is 28.1 Å². The minimum absolute atomic E-state index is 0.176. The molecule has 14 heavy (non-hydrogen) atoms. The second-order valence-electron chi connectivity index (χ2n) is 4.09. The predicted octanol–water partition coefficient (Wildman–Crippen LogP) is 2.45. The summed E-state index contributed by atoms with van der Waals surface area (Å²) in [5.41, 5.74) is 7.04. The van der Waals surface area contributed by atoms with Crippen molar-refractivity contribution in [3.8, 4) is 0 Å². The fraction of sp³-hybridized carbons (Fsp3) is 0.455. The molecule has 0 bridgehead atoms. The maximum Gasteiger partial charge on any atom is 0.0495 e. The Balaban J connectivity index is 2.96. The molecule has 1 aromatic carbocycles. The van der Waals surface area contributed by atoms with E-state index < -0.39 is 0 Å². The molecule has 1 unspecified atom stereocenters. The molecule has 0 radical (unpaired) electrons. The molecule has 0 heterocycles. The molecule has 0 saturated carbocycles. The van der Waals surface area contributed by atoms with E-state index in [0.29, 0.717) is 0 Å². The molecule has 1 atom stereocenters. The van der Waals surface area contributed by atoms with Crippen molar-refractivity contribution < 1.29 is 0 Å². The Morgan fingerprint density at radius 1 is 1.29 bits per heavy atom. The van der Waals surface area contributed by atoms with Crippen LogP contribution < -0.4 is 11.1 Å². The van der Waals surface area contributed by atoms with E-state index in [1.54, 1.807) is 0 Å². The van der Waals surface area contributed by atoms with E-state index in [9.17, 15) is 0 Å². The van der Waals surface area contributed by atoms with Crippen LogP contribution in [0.3, 0.4) is 0 Å². The number of benzene rings is 1. The Hall–Kier alpha value is -0.380. The Bertz CT molecular complexity index is 287. The first-order valence-corrected chi connectivity index (χ1v) is 5.46. The highest BCUT2D eigenvalue weighted by molar-refractivity contribution is 9.10. The summed E-state index contributed by atoms with van der Waals surface area (Å²) in [4.78, 5) is 0. The smallest absolute Gasteiger partial charge is 0.0495 e. The molecule has 0 amide bonds. The lowest BCUT2D eigenvalue weighted by molar-refractivity contribution is 0.370. The number of likely N-dealkylation sites (N-methyl/N-ethyl adjacent to an activating group) is 1. The molecular formula is C11H17BrN2. The summed E-state index contributed by atoms with van der Waals surface area (Å²) in [6.45, 7) is 4.05. The third-order valence-corrected chi connectivity index (χ3v) is 2.76. The lowest BCUT2D eigenvalue weighted by atomic mass is 9.90. The fourth-order valence-electron chi connectivity index (χ4n) is 1.62. The van der Waals surface area contributed by atoms with Crippen LogP contribution in [-0.2, 0) is 0 Å². The van der Waals surface area contributed by atoms with Gasteiger partial charge in [0.15, 0.2) is 0 Å². The molecule has 1 aromatic rings. The van der Waals surface area contributed by atoms with Crippen LogP contribution in [-0.4, -0.2) is 12.6 Å². The van der Waals surface area contributed by atoms with Gasteiger partial charge in [0.1, 0.15) is 0 Å². The normalized spacial score (nSPS) is 14.1. The van der Waals surface area contributed by atoms with E-state index >= 15 is 0 Å². The number of hydrogen-bond donors (Lipinski definition) is 2. The molecule has 2 nitrogen and oxygen atoms in total. The van der Waals surface area contributed by atoms with E-state index in [2.05, 4.69) is 33.4 Å². The van der Waals surface area contributed by atoms with E-state index in [1.807, 2.05) is 33.0 Å². The van der Waals surface area contributed by atoms with Crippen molar-refractivity contribution in [3.05, 3.63) is 34.3 Å². The standard InChI is InChI=1S/C11H17BrN2/c1-11(2,13)10(14-3)8-4-6-9(12)7-5-8/h4-7,10,14H,13H2,1-3H3. The van der Waals surface area contributed by atoms with Gasteiger partial charge in [0.25, 0.3) is 0 Å². The third kappa shape index (κ3) is 2.80. The zero-order valence-corrected chi connectivity index (χ0v) is 10.4. The molecular weight excluding hydrogens is 240 g/mol. The summed E-state index contributed by atoms with van der Waals surface area (Å²) in [6, 6.07) is 8.41. The van der Waals surface area contributed by atoms with Crippen molar-refractivity contribution in [1.82, 2.24) is 5.32 Å². The van der Waals surface area contributed by atoms with Gasteiger partial charge in [0.05, 0.1) is 0 Å². The first kappa shape index (κ1) is 11.7. The van der Waals surface area contributed by atoms with Crippen LogP contribution in [0.4, 0.5) is 0 Å². The molecule has 1 rings (SSSR count). The van der Waals surface area contributed by atoms with Crippen molar-refractivity contribution in [3.63, 3.8) is 0 Å². The molecule has 0 fully saturated rings. The molecule has 0 spiro atoms. The van der Waals surface area contributed by atoms with Crippen LogP contribution >= 0.6 is 15.9 Å². The summed E-state index contributed by atoms with van der Waals surface area (Å²) in [5, 5.41) is 3.24. The molecule has 0 aliphatic carbocycles. The minimum Gasteiger partial charge on any atom is -0.324 e. The van der Waals surface area contributed by atoms with Crippen molar-refractivity contribution in [1.29, 1.82) is 0 Å². The zero-order valence-electron chi connectivity index (χ0n) is 8.84. The van der Waals surface area contributed by atoms with Crippen LogP contribution in [0.2, 0.25) is 0 Å². The van der Waals surface area contributed by atoms with Crippen molar-refractivity contribution in [2.45, 2.75) is 25.4 Å². The van der Waals surface area contributed by atoms with Crippen molar-refractivity contribution in [2.75, 3.05) is 7.05 Å². The van der Waals surface area contributed by atoms with Crippen LogP contribution in [0, 0.1) is 0 Å². The molecule has 3 N–H and O–H groups in total. The van der Waals surface area contributed by atoms with Gasteiger partial charge in [-0.2, -0.15) is 0 Å². The molecule has 78 valence electrons. The highest BCUT2D eigenvalue weighted by Gasteiger charge is 2.24. The maximum absolute atomic E-state index is 6.09. The topological polar surface area (TPSA) is 38.0 Å². The van der Waals surface area contributed by atoms with Gasteiger partial charge in [-0.15, -0.1) is 0 Å². The minimum atomic E-state index is -0.261. The summed E-state index contributed by atoms with van der Waals surface area (Å²) in [5.74, 6) is 0. The van der Waals surface area contributed by atoms with Gasteiger partial charge in [-0.25, -0.2) is 0 Å². The predicted molar refractivity (Wildman–Crippen MR) is 64.2 cm³/mol. The van der Waals surface area contributed by atoms with E-state index in [4.69, 9.17) is 5.73 Å². The lowest BCUT2D eigenvalue weighted by Gasteiger charge is -2.30. The van der Waals surface area contributed by atoms with Gasteiger partial charge in [0.2, 0.25) is 0 Å². The number of nitrogens with two attached hydrogens (primary N) is 1. The van der Waals surface area contributed by atoms with Gasteiger partial charge in [-0.3, -0.25) is 0 Å². The fourth-order valence-corrected chi connectivity index (χ4v) is 1.89. The van der Waals surface area contributed by atoms with Crippen LogP contribution in [0.15, 0.2) is 28.7 Å². The summed E-state index contributed by atoms with van der Waals surface area (Å²) in [7, 11) is 1.93. The zero-order chi connectivity index (χ0) is 10.8. The highest BCUT2D eigenvalue weighted by Crippen LogP contribution is 2.24. The van der Waals surface area contributed by atoms with Crippen LogP contribution in [0.1, 0.15) is 25.5 Å². The highest BCUT2D eigenvalue weighted by atomic mass is 79.9. The van der Waals surface area contributed by atoms with E-state index in [1.165, 1.54) is 5.56 Å². The quantitative estimate of drug-likeness (QED) is 0.872. The van der Waals surface area contributed by atoms with E-state index in [0.717, 1.165) is 4.47 Å². The molecule has 0 aromatic heterocycles. The Morgan fingerprint density at radius 2 is 1.79 bits per heavy atom. The summed E-state index contributed by atoms with van der Waals surface area (Å²) < 4.78 is 1.09. The van der Waals surface area contributed by atoms with Crippen molar-refractivity contribution >= 4 is 15.9 Å². The Kier molecular flexibility index (Phi) is 3.70. The second-order valence-corrected chi connectivity index (χ2v) is 5.01. The third-order valence-electron chi connectivity index (χ3n) is 2.24. The number of rotatable bonds is 3. The average molecular weight is 257 g/mol. The molecule has 0 saturated heterocycles. The SMILES string of the molecule is CNC(c1ccc(Br)cc1)C(C)(C)N. The Labute approximate surface area is 94.0 Å². The first-order chi connectivity index (χ1) is 6.45. The van der Waals surface area contributed by atoms with Crippen molar-refractivity contribution in [2.24, 2.45) is 5.73 Å². The van der Waals surface area contributed by atoms with Gasteiger partial charge in [-0.05, 0) is 38.6 Å². The monoisotopic (exact) mass is 256 g/mol. The summed E-state index contributed by atoms with van der Waals surface area (Å²) in [6.07, 6.45) is 0. The Morgan fingerprint density at radius 3 is 2.14 bits per heavy atom. The maximum atomic E-state index is 6.09. The van der Waals surface area contributed by atoms with Crippen LogP contribution in [0.5, 0.6) is 0 Å². The van der Waals surface area contributed by atoms with Gasteiger partial charge >= 0.3 is 0 Å². The second kappa shape index (κ2) is 4.43. The largest absolute Gasteiger partial charge is 0.324 e. The van der Waals surface area contributed by atoms with E-state index in [-0.39, 0.29) is 11.6 Å². The first-order valence-electron chi connectivity index (χ1n) is 4.67. The number of nitrogens with one attached hydrogen (secondary N) is 1. The number of hydrogen-bond acceptors (Lipinski definition) is 2. The van der Waals surface area contributed by atoms with Gasteiger partial charge < -0.3 is 11.1 Å². The lowest BCUT2D eigenvalue weighted by Crippen LogP contribution is -2.45. The molecule has 0 aliphatic rings. The van der Waals surface area contributed by atoms with Gasteiger partial charge in [0, 0.05) is 16.1 Å².